The van der Waals surface area contributed by atoms with Crippen molar-refractivity contribution in [2.75, 3.05) is 13.7 Å². The van der Waals surface area contributed by atoms with Gasteiger partial charge in [-0.15, -0.1) is 0 Å². The number of carbonyl (C=O) groups excluding carboxylic acids is 2. The lowest BCUT2D eigenvalue weighted by atomic mass is 10.0. The number of benzene rings is 1. The number of amides is 1. The third-order valence-corrected chi connectivity index (χ3v) is 4.12. The summed E-state index contributed by atoms with van der Waals surface area (Å²) >= 11 is 0. The lowest BCUT2D eigenvalue weighted by Crippen LogP contribution is -2.25. The van der Waals surface area contributed by atoms with E-state index in [0.717, 1.165) is 17.1 Å². The van der Waals surface area contributed by atoms with Gasteiger partial charge in [-0.25, -0.2) is 4.79 Å². The summed E-state index contributed by atoms with van der Waals surface area (Å²) in [5, 5.41) is 7.01. The number of aryl methyl sites for hydroxylation is 2. The molecular weight excluding hydrogens is 346 g/mol. The van der Waals surface area contributed by atoms with E-state index < -0.39 is 5.97 Å². The van der Waals surface area contributed by atoms with Gasteiger partial charge < -0.3 is 14.5 Å². The van der Waals surface area contributed by atoms with Gasteiger partial charge in [0, 0.05) is 37.3 Å². The maximum Gasteiger partial charge on any atom is 0.359 e. The van der Waals surface area contributed by atoms with Gasteiger partial charge in [0.2, 0.25) is 0 Å². The van der Waals surface area contributed by atoms with Crippen LogP contribution < -0.4 is 5.32 Å². The van der Waals surface area contributed by atoms with Crippen molar-refractivity contribution in [3.63, 3.8) is 0 Å². The number of aromatic nitrogens is 2. The zero-order valence-corrected chi connectivity index (χ0v) is 15.5. The summed E-state index contributed by atoms with van der Waals surface area (Å²) in [5.41, 5.74) is 2.22. The van der Waals surface area contributed by atoms with E-state index in [1.807, 2.05) is 19.1 Å². The normalized spacial score (nSPS) is 10.6. The number of nitrogens with one attached hydrogen (secondary N) is 1. The van der Waals surface area contributed by atoms with Gasteiger partial charge in [0.25, 0.3) is 5.91 Å². The van der Waals surface area contributed by atoms with Crippen molar-refractivity contribution < 1.29 is 18.7 Å². The number of esters is 1. The van der Waals surface area contributed by atoms with E-state index in [0.29, 0.717) is 24.1 Å². The summed E-state index contributed by atoms with van der Waals surface area (Å²) < 4.78 is 11.8. The van der Waals surface area contributed by atoms with Gasteiger partial charge in [0.05, 0.1) is 7.11 Å². The molecule has 0 aliphatic heterocycles. The average molecular weight is 367 g/mol. The highest BCUT2D eigenvalue weighted by atomic mass is 16.5. The van der Waals surface area contributed by atoms with Crippen LogP contribution in [0.15, 0.2) is 47.0 Å². The van der Waals surface area contributed by atoms with Crippen LogP contribution in [-0.2, 0) is 18.2 Å². The highest BCUT2D eigenvalue weighted by Crippen LogP contribution is 2.24. The molecule has 140 valence electrons. The molecule has 0 unspecified atom stereocenters. The number of rotatable bonds is 6. The quantitative estimate of drug-likeness (QED) is 0.677. The van der Waals surface area contributed by atoms with Gasteiger partial charge in [0.15, 0.2) is 5.69 Å². The Morgan fingerprint density at radius 1 is 1.19 bits per heavy atom. The molecule has 0 fully saturated rings. The molecule has 2 aromatic heterocycles. The fourth-order valence-corrected chi connectivity index (χ4v) is 2.77. The van der Waals surface area contributed by atoms with Crippen molar-refractivity contribution >= 4 is 11.9 Å². The minimum atomic E-state index is -0.499. The number of methoxy groups -OCH3 is 1. The number of furan rings is 1. The van der Waals surface area contributed by atoms with Crippen LogP contribution in [0, 0.1) is 6.92 Å². The molecule has 1 aromatic carbocycles. The zero-order chi connectivity index (χ0) is 19.4. The van der Waals surface area contributed by atoms with Gasteiger partial charge in [-0.2, -0.15) is 5.10 Å². The third kappa shape index (κ3) is 4.25. The molecule has 2 heterocycles. The highest BCUT2D eigenvalue weighted by Gasteiger charge is 2.18. The van der Waals surface area contributed by atoms with Crippen molar-refractivity contribution in [3.8, 4) is 11.1 Å². The standard InChI is InChI=1S/C20H21N3O4/c1-13-4-9-16(27-13)10-11-21-19(24)15-7-5-14(6-8-15)17-12-23(2)22-18(17)20(25)26-3/h4-9,12H,10-11H2,1-3H3,(H,21,24). The van der Waals surface area contributed by atoms with E-state index in [4.69, 9.17) is 9.15 Å². The van der Waals surface area contributed by atoms with Crippen LogP contribution in [0.4, 0.5) is 0 Å². The molecule has 0 spiro atoms. The van der Waals surface area contributed by atoms with Crippen LogP contribution in [0.3, 0.4) is 0 Å². The molecule has 3 aromatic rings. The second-order valence-electron chi connectivity index (χ2n) is 6.15. The Hall–Kier alpha value is -3.35. The molecule has 1 amide bonds. The Morgan fingerprint density at radius 2 is 1.93 bits per heavy atom. The molecule has 0 atom stereocenters. The van der Waals surface area contributed by atoms with Crippen LogP contribution >= 0.6 is 0 Å². The largest absolute Gasteiger partial charge is 0.466 e. The van der Waals surface area contributed by atoms with E-state index in [1.54, 1.807) is 42.2 Å². The minimum Gasteiger partial charge on any atom is -0.466 e. The van der Waals surface area contributed by atoms with Gasteiger partial charge in [-0.1, -0.05) is 12.1 Å². The molecule has 0 aliphatic rings. The fraction of sp³-hybridized carbons (Fsp3) is 0.250. The summed E-state index contributed by atoms with van der Waals surface area (Å²) in [7, 11) is 3.05. The monoisotopic (exact) mass is 367 g/mol. The predicted octanol–water partition coefficient (Wildman–Crippen LogP) is 2.75. The summed E-state index contributed by atoms with van der Waals surface area (Å²) in [5.74, 6) is 1.04. The molecule has 0 saturated heterocycles. The Bertz CT molecular complexity index is 954. The Morgan fingerprint density at radius 3 is 2.56 bits per heavy atom. The van der Waals surface area contributed by atoms with Crippen LogP contribution in [0.2, 0.25) is 0 Å². The van der Waals surface area contributed by atoms with Crippen LogP contribution in [-0.4, -0.2) is 35.3 Å². The van der Waals surface area contributed by atoms with Crippen molar-refractivity contribution in [1.29, 1.82) is 0 Å². The molecule has 7 nitrogen and oxygen atoms in total. The molecule has 0 radical (unpaired) electrons. The number of ether oxygens (including phenoxy) is 1. The fourth-order valence-electron chi connectivity index (χ4n) is 2.77. The number of carbonyl (C=O) groups is 2. The lowest BCUT2D eigenvalue weighted by Gasteiger charge is -2.06. The van der Waals surface area contributed by atoms with Gasteiger partial charge in [-0.3, -0.25) is 9.48 Å². The van der Waals surface area contributed by atoms with E-state index >= 15 is 0 Å². The van der Waals surface area contributed by atoms with Crippen LogP contribution in [0.1, 0.15) is 32.4 Å². The summed E-state index contributed by atoms with van der Waals surface area (Å²) in [6.45, 7) is 2.38. The van der Waals surface area contributed by atoms with Crippen molar-refractivity contribution in [3.05, 3.63) is 65.4 Å². The summed E-state index contributed by atoms with van der Waals surface area (Å²) in [4.78, 5) is 24.1. The lowest BCUT2D eigenvalue weighted by molar-refractivity contribution is 0.0594. The average Bonchev–Trinajstić information content (AvgIpc) is 3.26. The van der Waals surface area contributed by atoms with Crippen molar-refractivity contribution in [2.24, 2.45) is 7.05 Å². The molecular formula is C20H21N3O4. The first-order valence-electron chi connectivity index (χ1n) is 8.54. The first kappa shape index (κ1) is 18.4. The van der Waals surface area contributed by atoms with E-state index in [-0.39, 0.29) is 11.6 Å². The maximum atomic E-state index is 12.3. The number of hydrogen-bond acceptors (Lipinski definition) is 5. The molecule has 7 heteroatoms. The molecule has 3 rings (SSSR count). The molecule has 0 bridgehead atoms. The third-order valence-electron chi connectivity index (χ3n) is 4.12. The van der Waals surface area contributed by atoms with E-state index in [9.17, 15) is 9.59 Å². The van der Waals surface area contributed by atoms with E-state index in [1.165, 1.54) is 7.11 Å². The van der Waals surface area contributed by atoms with Gasteiger partial charge in [0.1, 0.15) is 11.5 Å². The Balaban J connectivity index is 1.66. The molecule has 27 heavy (non-hydrogen) atoms. The Kier molecular flexibility index (Phi) is 5.40. The molecule has 0 saturated carbocycles. The second-order valence-corrected chi connectivity index (χ2v) is 6.15. The first-order chi connectivity index (χ1) is 13.0. The first-order valence-corrected chi connectivity index (χ1v) is 8.54. The van der Waals surface area contributed by atoms with Crippen molar-refractivity contribution in [1.82, 2.24) is 15.1 Å². The number of nitrogens with zero attached hydrogens (tertiary/aromatic N) is 2. The van der Waals surface area contributed by atoms with Crippen molar-refractivity contribution in [2.45, 2.75) is 13.3 Å². The topological polar surface area (TPSA) is 86.4 Å². The zero-order valence-electron chi connectivity index (χ0n) is 15.5. The Labute approximate surface area is 156 Å². The second kappa shape index (κ2) is 7.90. The molecule has 1 N–H and O–H groups in total. The van der Waals surface area contributed by atoms with Crippen LogP contribution in [0.5, 0.6) is 0 Å². The highest BCUT2D eigenvalue weighted by molar-refractivity contribution is 5.97. The van der Waals surface area contributed by atoms with E-state index in [2.05, 4.69) is 10.4 Å². The molecule has 0 aliphatic carbocycles. The minimum absolute atomic E-state index is 0.163. The number of hydrogen-bond donors (Lipinski definition) is 1. The predicted molar refractivity (Wildman–Crippen MR) is 99.5 cm³/mol. The smallest absolute Gasteiger partial charge is 0.359 e. The van der Waals surface area contributed by atoms with Crippen LogP contribution in [0.25, 0.3) is 11.1 Å². The summed E-state index contributed by atoms with van der Waals surface area (Å²) in [6, 6.07) is 10.8. The SMILES string of the molecule is COC(=O)c1nn(C)cc1-c1ccc(C(=O)NCCc2ccc(C)o2)cc1. The van der Waals surface area contributed by atoms with Gasteiger partial charge >= 0.3 is 5.97 Å². The van der Waals surface area contributed by atoms with Gasteiger partial charge in [-0.05, 0) is 36.8 Å². The maximum absolute atomic E-state index is 12.3. The summed E-state index contributed by atoms with van der Waals surface area (Å²) in [6.07, 6.45) is 2.38.